The molecule has 0 aromatic heterocycles. The lowest BCUT2D eigenvalue weighted by molar-refractivity contribution is -0.120. The number of primary amides is 1. The van der Waals surface area contributed by atoms with Crippen LogP contribution in [0, 0.1) is 0 Å². The summed E-state index contributed by atoms with van der Waals surface area (Å²) in [6, 6.07) is 13.5. The Bertz CT molecular complexity index is 808. The van der Waals surface area contributed by atoms with E-state index in [0.29, 0.717) is 16.3 Å². The van der Waals surface area contributed by atoms with Gasteiger partial charge in [0, 0.05) is 23.7 Å². The van der Waals surface area contributed by atoms with Gasteiger partial charge >= 0.3 is 0 Å². The third-order valence-corrected chi connectivity index (χ3v) is 3.86. The van der Waals surface area contributed by atoms with Gasteiger partial charge in [-0.05, 0) is 37.3 Å². The van der Waals surface area contributed by atoms with E-state index in [-0.39, 0.29) is 37.0 Å². The number of para-hydroxylation sites is 1. The van der Waals surface area contributed by atoms with Crippen LogP contribution in [0.4, 0.5) is 5.69 Å². The van der Waals surface area contributed by atoms with E-state index in [4.69, 9.17) is 22.1 Å². The SMILES string of the molecule is CC(=O)c1cc(Cl)ccc1OCC(=O)N(CCC(N)=O)c1ccccc1. The van der Waals surface area contributed by atoms with Crippen LogP contribution in [-0.2, 0) is 9.59 Å². The second-order valence-corrected chi connectivity index (χ2v) is 6.02. The number of anilines is 1. The van der Waals surface area contributed by atoms with E-state index in [1.165, 1.54) is 17.9 Å². The van der Waals surface area contributed by atoms with E-state index in [2.05, 4.69) is 0 Å². The van der Waals surface area contributed by atoms with Gasteiger partial charge in [-0.3, -0.25) is 14.4 Å². The number of nitrogens with two attached hydrogens (primary N) is 1. The molecule has 0 saturated carbocycles. The topological polar surface area (TPSA) is 89.7 Å². The third-order valence-electron chi connectivity index (χ3n) is 3.62. The van der Waals surface area contributed by atoms with Gasteiger partial charge in [-0.2, -0.15) is 0 Å². The molecular weight excluding hydrogens is 356 g/mol. The van der Waals surface area contributed by atoms with Crippen molar-refractivity contribution >= 4 is 34.9 Å². The zero-order valence-electron chi connectivity index (χ0n) is 14.3. The maximum absolute atomic E-state index is 12.6. The zero-order valence-corrected chi connectivity index (χ0v) is 15.0. The van der Waals surface area contributed by atoms with Crippen molar-refractivity contribution in [3.63, 3.8) is 0 Å². The molecule has 0 saturated heterocycles. The summed E-state index contributed by atoms with van der Waals surface area (Å²) in [5, 5.41) is 0.404. The van der Waals surface area contributed by atoms with Crippen LogP contribution in [-0.4, -0.2) is 30.7 Å². The molecule has 6 nitrogen and oxygen atoms in total. The predicted molar refractivity (Wildman–Crippen MR) is 99.6 cm³/mol. The predicted octanol–water partition coefficient (Wildman–Crippen LogP) is 2.83. The van der Waals surface area contributed by atoms with Crippen LogP contribution < -0.4 is 15.4 Å². The van der Waals surface area contributed by atoms with E-state index in [1.54, 1.807) is 36.4 Å². The molecule has 136 valence electrons. The highest BCUT2D eigenvalue weighted by Crippen LogP contribution is 2.24. The molecule has 0 aliphatic rings. The Kier molecular flexibility index (Phi) is 6.74. The number of carbonyl (C=O) groups excluding carboxylic acids is 3. The Morgan fingerprint density at radius 1 is 1.12 bits per heavy atom. The van der Waals surface area contributed by atoms with Crippen LogP contribution in [0.15, 0.2) is 48.5 Å². The molecule has 0 heterocycles. The Morgan fingerprint density at radius 2 is 1.81 bits per heavy atom. The lowest BCUT2D eigenvalue weighted by Crippen LogP contribution is -2.37. The highest BCUT2D eigenvalue weighted by atomic mass is 35.5. The van der Waals surface area contributed by atoms with Crippen LogP contribution in [0.1, 0.15) is 23.7 Å². The van der Waals surface area contributed by atoms with E-state index >= 15 is 0 Å². The first kappa shape index (κ1) is 19.5. The van der Waals surface area contributed by atoms with Crippen molar-refractivity contribution in [2.24, 2.45) is 5.73 Å². The van der Waals surface area contributed by atoms with Gasteiger partial charge < -0.3 is 15.4 Å². The van der Waals surface area contributed by atoms with Crippen LogP contribution in [0.25, 0.3) is 0 Å². The average molecular weight is 375 g/mol. The van der Waals surface area contributed by atoms with Crippen molar-refractivity contribution < 1.29 is 19.1 Å². The van der Waals surface area contributed by atoms with Crippen molar-refractivity contribution in [2.75, 3.05) is 18.1 Å². The van der Waals surface area contributed by atoms with Gasteiger partial charge in [0.1, 0.15) is 5.75 Å². The number of rotatable bonds is 8. The first-order chi connectivity index (χ1) is 12.4. The summed E-state index contributed by atoms with van der Waals surface area (Å²) in [5.74, 6) is -0.806. The molecule has 0 aliphatic carbocycles. The summed E-state index contributed by atoms with van der Waals surface area (Å²) in [7, 11) is 0. The van der Waals surface area contributed by atoms with Crippen molar-refractivity contribution in [3.05, 3.63) is 59.1 Å². The molecular formula is C19H19ClN2O4. The largest absolute Gasteiger partial charge is 0.483 e. The molecule has 0 radical (unpaired) electrons. The number of hydrogen-bond acceptors (Lipinski definition) is 4. The van der Waals surface area contributed by atoms with Crippen LogP contribution >= 0.6 is 11.6 Å². The first-order valence-corrected chi connectivity index (χ1v) is 8.33. The van der Waals surface area contributed by atoms with Gasteiger partial charge in [0.15, 0.2) is 12.4 Å². The van der Waals surface area contributed by atoms with Gasteiger partial charge in [-0.15, -0.1) is 0 Å². The van der Waals surface area contributed by atoms with Crippen LogP contribution in [0.3, 0.4) is 0 Å². The smallest absolute Gasteiger partial charge is 0.264 e. The molecule has 2 aromatic rings. The molecule has 0 spiro atoms. The summed E-state index contributed by atoms with van der Waals surface area (Å²) in [5.41, 5.74) is 6.12. The minimum absolute atomic E-state index is 0.0281. The summed E-state index contributed by atoms with van der Waals surface area (Å²) in [6.07, 6.45) is 0.0281. The summed E-state index contributed by atoms with van der Waals surface area (Å²) in [6.45, 7) is 1.24. The van der Waals surface area contributed by atoms with Crippen molar-refractivity contribution in [2.45, 2.75) is 13.3 Å². The van der Waals surface area contributed by atoms with E-state index < -0.39 is 5.91 Å². The molecule has 2 rings (SSSR count). The monoisotopic (exact) mass is 374 g/mol. The fourth-order valence-electron chi connectivity index (χ4n) is 2.35. The summed E-state index contributed by atoms with van der Waals surface area (Å²) in [4.78, 5) is 36.8. The molecule has 2 amide bonds. The fourth-order valence-corrected chi connectivity index (χ4v) is 2.52. The van der Waals surface area contributed by atoms with Gasteiger partial charge in [0.2, 0.25) is 5.91 Å². The summed E-state index contributed by atoms with van der Waals surface area (Å²) >= 11 is 5.90. The lowest BCUT2D eigenvalue weighted by Gasteiger charge is -2.22. The lowest BCUT2D eigenvalue weighted by atomic mass is 10.1. The molecule has 2 N–H and O–H groups in total. The quantitative estimate of drug-likeness (QED) is 0.719. The summed E-state index contributed by atoms with van der Waals surface area (Å²) < 4.78 is 5.54. The molecule has 0 aliphatic heterocycles. The van der Waals surface area contributed by atoms with Crippen molar-refractivity contribution in [1.29, 1.82) is 0 Å². The Morgan fingerprint density at radius 3 is 2.42 bits per heavy atom. The van der Waals surface area contributed by atoms with Crippen molar-refractivity contribution in [3.8, 4) is 5.75 Å². The van der Waals surface area contributed by atoms with Crippen molar-refractivity contribution in [1.82, 2.24) is 0 Å². The third kappa shape index (κ3) is 5.32. The van der Waals surface area contributed by atoms with Crippen LogP contribution in [0.2, 0.25) is 5.02 Å². The Hall–Kier alpha value is -2.86. The number of carbonyl (C=O) groups is 3. The normalized spacial score (nSPS) is 10.2. The van der Waals surface area contributed by atoms with Crippen LogP contribution in [0.5, 0.6) is 5.75 Å². The Labute approximate surface area is 156 Å². The highest BCUT2D eigenvalue weighted by Gasteiger charge is 2.18. The molecule has 2 aromatic carbocycles. The zero-order chi connectivity index (χ0) is 19.1. The molecule has 0 unspecified atom stereocenters. The molecule has 26 heavy (non-hydrogen) atoms. The van der Waals surface area contributed by atoms with Gasteiger partial charge in [-0.25, -0.2) is 0 Å². The average Bonchev–Trinajstić information content (AvgIpc) is 2.61. The number of ketones is 1. The van der Waals surface area contributed by atoms with E-state index in [9.17, 15) is 14.4 Å². The standard InChI is InChI=1S/C19H19ClN2O4/c1-13(23)16-11-14(20)7-8-17(16)26-12-19(25)22(10-9-18(21)24)15-5-3-2-4-6-15/h2-8,11H,9-10,12H2,1H3,(H2,21,24). The molecule has 0 fully saturated rings. The number of Topliss-reactive ketones (excluding diaryl/α,β-unsaturated/α-hetero) is 1. The fraction of sp³-hybridized carbons (Fsp3) is 0.211. The Balaban J connectivity index is 2.15. The second-order valence-electron chi connectivity index (χ2n) is 5.58. The highest BCUT2D eigenvalue weighted by molar-refractivity contribution is 6.31. The first-order valence-electron chi connectivity index (χ1n) is 7.95. The number of ether oxygens (including phenoxy) is 1. The van der Waals surface area contributed by atoms with Gasteiger partial charge in [0.25, 0.3) is 5.91 Å². The maximum atomic E-state index is 12.6. The number of halogens is 1. The van der Waals surface area contributed by atoms with E-state index in [0.717, 1.165) is 0 Å². The van der Waals surface area contributed by atoms with Gasteiger partial charge in [-0.1, -0.05) is 29.8 Å². The molecule has 7 heteroatoms. The number of nitrogens with zero attached hydrogens (tertiary/aromatic N) is 1. The molecule has 0 atom stereocenters. The number of hydrogen-bond donors (Lipinski definition) is 1. The number of benzene rings is 2. The van der Waals surface area contributed by atoms with Gasteiger partial charge in [0.05, 0.1) is 5.56 Å². The second kappa shape index (κ2) is 9.01. The number of amides is 2. The van der Waals surface area contributed by atoms with E-state index in [1.807, 2.05) is 6.07 Å². The minimum Gasteiger partial charge on any atom is -0.483 e. The maximum Gasteiger partial charge on any atom is 0.264 e. The molecule has 0 bridgehead atoms. The minimum atomic E-state index is -0.504.